The van der Waals surface area contributed by atoms with Crippen molar-refractivity contribution in [3.8, 4) is 17.2 Å². The molecule has 1 saturated carbocycles. The zero-order chi connectivity index (χ0) is 43.2. The lowest BCUT2D eigenvalue weighted by Gasteiger charge is -2.59. The molecular formula is C52H62N2O8. The maximum atomic E-state index is 14.9. The highest BCUT2D eigenvalue weighted by molar-refractivity contribution is 6.04. The molecule has 8 rings (SSSR count). The number of aliphatic hydroxyl groups excluding tert-OH is 2. The highest BCUT2D eigenvalue weighted by Crippen LogP contribution is 2.62. The Balaban J connectivity index is 1.31. The van der Waals surface area contributed by atoms with Crippen LogP contribution in [0.1, 0.15) is 97.2 Å². The molecule has 2 heterocycles. The molecule has 1 unspecified atom stereocenters. The third kappa shape index (κ3) is 8.93. The van der Waals surface area contributed by atoms with Gasteiger partial charge in [-0.25, -0.2) is 0 Å². The number of hydrogen-bond donors (Lipinski definition) is 2. The number of hydrogen-bond acceptors (Lipinski definition) is 9. The predicted molar refractivity (Wildman–Crippen MR) is 242 cm³/mol. The molecule has 0 radical (unpaired) electrons. The number of fused-ring (bicyclic) bond motifs is 3. The summed E-state index contributed by atoms with van der Waals surface area (Å²) in [5.74, 6) is 0.189. The van der Waals surface area contributed by atoms with Crippen LogP contribution in [-0.4, -0.2) is 78.3 Å². The molecule has 7 atom stereocenters. The number of benzene rings is 4. The second-order valence-electron chi connectivity index (χ2n) is 17.5. The van der Waals surface area contributed by atoms with E-state index >= 15 is 0 Å². The number of aliphatic hydroxyl groups is 2. The molecule has 0 aromatic heterocycles. The summed E-state index contributed by atoms with van der Waals surface area (Å²) in [5.41, 5.74) is 5.63. The quantitative estimate of drug-likeness (QED) is 0.0613. The molecule has 10 heteroatoms. The summed E-state index contributed by atoms with van der Waals surface area (Å²) in [6.07, 6.45) is 11.4. The Bertz CT molecular complexity index is 2280. The van der Waals surface area contributed by atoms with Crippen molar-refractivity contribution in [2.75, 3.05) is 33.5 Å². The van der Waals surface area contributed by atoms with E-state index in [0.29, 0.717) is 42.9 Å². The minimum absolute atomic E-state index is 0.0873. The average molecular weight is 843 g/mol. The van der Waals surface area contributed by atoms with Gasteiger partial charge in [0.05, 0.1) is 24.8 Å². The van der Waals surface area contributed by atoms with Crippen molar-refractivity contribution in [2.24, 2.45) is 22.9 Å². The number of oxime groups is 1. The van der Waals surface area contributed by atoms with Gasteiger partial charge in [0.2, 0.25) is 12.1 Å². The van der Waals surface area contributed by atoms with Crippen molar-refractivity contribution in [2.45, 2.75) is 102 Å². The van der Waals surface area contributed by atoms with Crippen LogP contribution in [0.2, 0.25) is 0 Å². The van der Waals surface area contributed by atoms with E-state index in [1.165, 1.54) is 5.56 Å². The summed E-state index contributed by atoms with van der Waals surface area (Å²) in [6.45, 7) is 9.27. The van der Waals surface area contributed by atoms with Crippen molar-refractivity contribution in [3.05, 3.63) is 125 Å². The van der Waals surface area contributed by atoms with Crippen molar-refractivity contribution < 1.29 is 38.8 Å². The molecule has 0 bridgehead atoms. The third-order valence-corrected chi connectivity index (χ3v) is 13.6. The van der Waals surface area contributed by atoms with E-state index in [4.69, 9.17) is 28.9 Å². The SMILES string of the molecule is C=CCO[C@@]12Oc3ccc(Oc4ccc(C)c(C)c4)cc3[C@H]3[C@H](CCCCO)[C@@H](CCCCO)C=C(C(=NOC4CCCCO4)C[C@@H]1N(C)C(=O)c1ccc4ccccc4c1)[C@H]32. The van der Waals surface area contributed by atoms with Gasteiger partial charge in [0.15, 0.2) is 0 Å². The highest BCUT2D eigenvalue weighted by Gasteiger charge is 2.65. The number of unbranched alkanes of at least 4 members (excludes halogenated alkanes) is 2. The second-order valence-corrected chi connectivity index (χ2v) is 17.5. The normalized spacial score (nSPS) is 25.9. The van der Waals surface area contributed by atoms with Crippen LogP contribution in [0.3, 0.4) is 0 Å². The second kappa shape index (κ2) is 19.6. The number of carbonyl (C=O) groups is 1. The van der Waals surface area contributed by atoms with E-state index in [1.54, 1.807) is 11.0 Å². The molecule has 2 N–H and O–H groups in total. The van der Waals surface area contributed by atoms with Gasteiger partial charge in [-0.05, 0) is 134 Å². The summed E-state index contributed by atoms with van der Waals surface area (Å²) in [6, 6.07) is 25.4. The van der Waals surface area contributed by atoms with Gasteiger partial charge in [0, 0.05) is 50.1 Å². The van der Waals surface area contributed by atoms with Crippen molar-refractivity contribution in [1.29, 1.82) is 0 Å². The molecule has 4 aromatic carbocycles. The fourth-order valence-corrected chi connectivity index (χ4v) is 10.3. The number of allylic oxidation sites excluding steroid dienone is 1. The maximum Gasteiger partial charge on any atom is 0.254 e. The number of rotatable bonds is 17. The van der Waals surface area contributed by atoms with Crippen LogP contribution in [0, 0.1) is 31.6 Å². The number of ether oxygens (including phenoxy) is 4. The minimum atomic E-state index is -1.36. The van der Waals surface area contributed by atoms with Crippen molar-refractivity contribution in [1.82, 2.24) is 4.90 Å². The molecule has 2 aliphatic heterocycles. The molecule has 2 aliphatic carbocycles. The van der Waals surface area contributed by atoms with Gasteiger partial charge in [0.1, 0.15) is 23.3 Å². The molecule has 328 valence electrons. The van der Waals surface area contributed by atoms with E-state index in [2.05, 4.69) is 44.7 Å². The maximum absolute atomic E-state index is 14.9. The van der Waals surface area contributed by atoms with Crippen LogP contribution >= 0.6 is 0 Å². The average Bonchev–Trinajstić information content (AvgIpc) is 3.29. The number of aryl methyl sites for hydroxylation is 2. The Hall–Kier alpha value is -5.00. The zero-order valence-corrected chi connectivity index (χ0v) is 36.5. The molecule has 1 saturated heterocycles. The lowest BCUT2D eigenvalue weighted by molar-refractivity contribution is -0.252. The Morgan fingerprint density at radius 1 is 0.919 bits per heavy atom. The first-order valence-corrected chi connectivity index (χ1v) is 22.6. The predicted octanol–water partition coefficient (Wildman–Crippen LogP) is 10.2. The molecule has 0 spiro atoms. The van der Waals surface area contributed by atoms with Crippen LogP contribution in [-0.2, 0) is 14.3 Å². The van der Waals surface area contributed by atoms with Gasteiger partial charge in [-0.3, -0.25) is 4.79 Å². The van der Waals surface area contributed by atoms with Gasteiger partial charge in [-0.1, -0.05) is 66.5 Å². The third-order valence-electron chi connectivity index (χ3n) is 13.6. The smallest absolute Gasteiger partial charge is 0.254 e. The summed E-state index contributed by atoms with van der Waals surface area (Å²) < 4.78 is 27.1. The fraction of sp³-hybridized carbons (Fsp3) is 0.462. The van der Waals surface area contributed by atoms with Crippen LogP contribution in [0.15, 0.2) is 108 Å². The number of carbonyl (C=O) groups excluding carboxylic acids is 1. The van der Waals surface area contributed by atoms with Gasteiger partial charge in [-0.2, -0.15) is 0 Å². The number of amides is 1. The lowest BCUT2D eigenvalue weighted by Crippen LogP contribution is -2.69. The Morgan fingerprint density at radius 3 is 2.45 bits per heavy atom. The molecule has 1 amide bonds. The molecular weight excluding hydrogens is 781 g/mol. The Kier molecular flexibility index (Phi) is 13.8. The standard InChI is InChI=1S/C52H62N2O8/c1-5-27-59-52-47(54(4)51(57)39-21-20-36-14-6-7-15-37(36)30-39)33-45(53-62-48-18-10-13-28-58-48)43-31-38(16-8-11-25-55)42(17-9-12-26-56)49(50(43)52)44-32-41(23-24-46(44)61-52)60-40-22-19-34(2)35(3)29-40/h5-7,14-15,19-24,29-32,38,42,47-50,55-56H,1,8-13,16-18,25-28,33H2,2-4H3/t38-,42+,47-,48?,49+,50+,52+/m0/s1. The van der Waals surface area contributed by atoms with Crippen LogP contribution in [0.4, 0.5) is 0 Å². The molecule has 4 aromatic rings. The first-order valence-electron chi connectivity index (χ1n) is 22.6. The first-order chi connectivity index (χ1) is 30.2. The fourth-order valence-electron chi connectivity index (χ4n) is 10.3. The van der Waals surface area contributed by atoms with Crippen LogP contribution < -0.4 is 9.47 Å². The summed E-state index contributed by atoms with van der Waals surface area (Å²) in [7, 11) is 1.84. The van der Waals surface area contributed by atoms with Crippen LogP contribution in [0.5, 0.6) is 17.2 Å². The Labute approximate surface area is 366 Å². The zero-order valence-electron chi connectivity index (χ0n) is 36.5. The van der Waals surface area contributed by atoms with Gasteiger partial charge in [0.25, 0.3) is 5.91 Å². The van der Waals surface area contributed by atoms with Crippen molar-refractivity contribution >= 4 is 22.4 Å². The molecule has 2 fully saturated rings. The van der Waals surface area contributed by atoms with Crippen LogP contribution in [0.25, 0.3) is 10.8 Å². The summed E-state index contributed by atoms with van der Waals surface area (Å²) >= 11 is 0. The summed E-state index contributed by atoms with van der Waals surface area (Å²) in [4.78, 5) is 23.0. The van der Waals surface area contributed by atoms with E-state index in [0.717, 1.165) is 83.9 Å². The van der Waals surface area contributed by atoms with E-state index in [9.17, 15) is 15.0 Å². The van der Waals surface area contributed by atoms with E-state index in [-0.39, 0.29) is 43.5 Å². The number of likely N-dealkylation sites (N-methyl/N-ethyl adjacent to an activating group) is 1. The minimum Gasteiger partial charge on any atom is -0.459 e. The van der Waals surface area contributed by atoms with Crippen molar-refractivity contribution in [3.63, 3.8) is 0 Å². The summed E-state index contributed by atoms with van der Waals surface area (Å²) in [5, 5.41) is 26.9. The number of nitrogens with zero attached hydrogens (tertiary/aromatic N) is 2. The van der Waals surface area contributed by atoms with Gasteiger partial charge < -0.3 is 38.9 Å². The lowest BCUT2D eigenvalue weighted by atomic mass is 9.55. The van der Waals surface area contributed by atoms with E-state index < -0.39 is 24.0 Å². The molecule has 4 aliphatic rings. The van der Waals surface area contributed by atoms with Gasteiger partial charge >= 0.3 is 0 Å². The largest absolute Gasteiger partial charge is 0.459 e. The highest BCUT2D eigenvalue weighted by atomic mass is 16.8. The molecule has 10 nitrogen and oxygen atoms in total. The van der Waals surface area contributed by atoms with E-state index in [1.807, 2.05) is 67.7 Å². The topological polar surface area (TPSA) is 119 Å². The monoisotopic (exact) mass is 842 g/mol. The van der Waals surface area contributed by atoms with Gasteiger partial charge in [-0.15, -0.1) is 6.58 Å². The molecule has 62 heavy (non-hydrogen) atoms. The first kappa shape index (κ1) is 43.6. The Morgan fingerprint density at radius 2 is 1.69 bits per heavy atom.